The van der Waals surface area contributed by atoms with Crippen LogP contribution in [-0.2, 0) is 11.2 Å². The second-order valence-corrected chi connectivity index (χ2v) is 8.09. The van der Waals surface area contributed by atoms with E-state index in [0.29, 0.717) is 18.5 Å². The van der Waals surface area contributed by atoms with Gasteiger partial charge in [-0.3, -0.25) is 4.90 Å². The van der Waals surface area contributed by atoms with Crippen molar-refractivity contribution in [2.24, 2.45) is 5.92 Å². The third-order valence-electron chi connectivity index (χ3n) is 6.09. The van der Waals surface area contributed by atoms with Crippen molar-refractivity contribution >= 4 is 11.7 Å². The number of hydrogen-bond donors (Lipinski definition) is 2. The summed E-state index contributed by atoms with van der Waals surface area (Å²) in [5.74, 6) is 0.513. The first-order valence-electron chi connectivity index (χ1n) is 10.8. The van der Waals surface area contributed by atoms with Crippen molar-refractivity contribution in [2.75, 3.05) is 38.2 Å². The van der Waals surface area contributed by atoms with Crippen molar-refractivity contribution in [1.29, 1.82) is 0 Å². The first-order valence-corrected chi connectivity index (χ1v) is 10.8. The Bertz CT molecular complexity index is 768. The van der Waals surface area contributed by atoms with Gasteiger partial charge in [0.15, 0.2) is 0 Å². The number of anilines is 1. The van der Waals surface area contributed by atoms with Crippen molar-refractivity contribution in [3.8, 4) is 0 Å². The van der Waals surface area contributed by atoms with E-state index >= 15 is 0 Å². The zero-order chi connectivity index (χ0) is 19.9. The third-order valence-corrected chi connectivity index (χ3v) is 6.09. The first-order chi connectivity index (χ1) is 14.3. The maximum absolute atomic E-state index is 12.7. The molecule has 2 heterocycles. The molecular weight excluding hydrogens is 362 g/mol. The fraction of sp³-hybridized carbons (Fsp3) is 0.458. The Labute approximate surface area is 173 Å². The molecule has 0 unspecified atom stereocenters. The Morgan fingerprint density at radius 2 is 1.83 bits per heavy atom. The van der Waals surface area contributed by atoms with E-state index in [0.717, 1.165) is 50.4 Å². The number of benzene rings is 2. The Balaban J connectivity index is 1.36. The van der Waals surface area contributed by atoms with Gasteiger partial charge in [0, 0.05) is 30.8 Å². The maximum Gasteiger partial charge on any atom is 0.319 e. The van der Waals surface area contributed by atoms with Crippen LogP contribution < -0.4 is 10.6 Å². The SMILES string of the molecule is O=C(NC[C@H]([C@H]1CCOC1)N1CCCC1)Nc1ccccc1Cc1ccccc1. The van der Waals surface area contributed by atoms with Crippen molar-refractivity contribution in [1.82, 2.24) is 10.2 Å². The first kappa shape index (κ1) is 19.9. The molecule has 29 heavy (non-hydrogen) atoms. The number of para-hydroxylation sites is 1. The van der Waals surface area contributed by atoms with Crippen LogP contribution in [0.15, 0.2) is 54.6 Å². The third kappa shape index (κ3) is 5.37. The van der Waals surface area contributed by atoms with E-state index in [-0.39, 0.29) is 6.03 Å². The van der Waals surface area contributed by atoms with E-state index in [1.165, 1.54) is 18.4 Å². The molecule has 154 valence electrons. The minimum absolute atomic E-state index is 0.131. The van der Waals surface area contributed by atoms with Crippen LogP contribution in [0.4, 0.5) is 10.5 Å². The van der Waals surface area contributed by atoms with E-state index in [1.54, 1.807) is 0 Å². The van der Waals surface area contributed by atoms with Gasteiger partial charge in [-0.2, -0.15) is 0 Å². The van der Waals surface area contributed by atoms with Gasteiger partial charge in [0.2, 0.25) is 0 Å². The fourth-order valence-electron chi connectivity index (χ4n) is 4.50. The highest BCUT2D eigenvalue weighted by Gasteiger charge is 2.32. The average molecular weight is 394 g/mol. The van der Waals surface area contributed by atoms with Crippen LogP contribution >= 0.6 is 0 Å². The smallest absolute Gasteiger partial charge is 0.319 e. The molecule has 2 aromatic carbocycles. The van der Waals surface area contributed by atoms with Crippen LogP contribution in [0.1, 0.15) is 30.4 Å². The van der Waals surface area contributed by atoms with E-state index in [9.17, 15) is 4.79 Å². The topological polar surface area (TPSA) is 53.6 Å². The number of rotatable bonds is 7. The summed E-state index contributed by atoms with van der Waals surface area (Å²) in [6.07, 6.45) is 4.39. The highest BCUT2D eigenvalue weighted by molar-refractivity contribution is 5.90. The molecular formula is C24H31N3O2. The van der Waals surface area contributed by atoms with Gasteiger partial charge in [0.25, 0.3) is 0 Å². The van der Waals surface area contributed by atoms with Gasteiger partial charge in [-0.1, -0.05) is 48.5 Å². The number of carbonyl (C=O) groups excluding carboxylic acids is 1. The largest absolute Gasteiger partial charge is 0.381 e. The van der Waals surface area contributed by atoms with Gasteiger partial charge in [0.05, 0.1) is 6.61 Å². The van der Waals surface area contributed by atoms with Gasteiger partial charge in [0.1, 0.15) is 0 Å². The zero-order valence-electron chi connectivity index (χ0n) is 17.0. The van der Waals surface area contributed by atoms with Crippen LogP contribution in [0.3, 0.4) is 0 Å². The molecule has 0 aliphatic carbocycles. The van der Waals surface area contributed by atoms with Gasteiger partial charge in [-0.25, -0.2) is 4.79 Å². The molecule has 0 spiro atoms. The van der Waals surface area contributed by atoms with E-state index in [4.69, 9.17) is 4.74 Å². The summed E-state index contributed by atoms with van der Waals surface area (Å²) >= 11 is 0. The van der Waals surface area contributed by atoms with E-state index in [2.05, 4.69) is 33.7 Å². The molecule has 2 fully saturated rings. The lowest BCUT2D eigenvalue weighted by Crippen LogP contribution is -2.48. The Kier molecular flexibility index (Phi) is 6.80. The molecule has 2 aliphatic heterocycles. The van der Waals surface area contributed by atoms with Gasteiger partial charge >= 0.3 is 6.03 Å². The summed E-state index contributed by atoms with van der Waals surface area (Å²) in [5, 5.41) is 6.20. The summed E-state index contributed by atoms with van der Waals surface area (Å²) < 4.78 is 5.62. The predicted molar refractivity (Wildman–Crippen MR) is 116 cm³/mol. The van der Waals surface area contributed by atoms with Crippen molar-refractivity contribution in [3.63, 3.8) is 0 Å². The van der Waals surface area contributed by atoms with Gasteiger partial charge < -0.3 is 15.4 Å². The summed E-state index contributed by atoms with van der Waals surface area (Å²) in [7, 11) is 0. The summed E-state index contributed by atoms with van der Waals surface area (Å²) in [5.41, 5.74) is 3.22. The van der Waals surface area contributed by atoms with E-state index < -0.39 is 0 Å². The lowest BCUT2D eigenvalue weighted by Gasteiger charge is -2.32. The van der Waals surface area contributed by atoms with Crippen molar-refractivity contribution in [3.05, 3.63) is 65.7 Å². The molecule has 2 atom stereocenters. The van der Waals surface area contributed by atoms with Crippen LogP contribution in [0, 0.1) is 5.92 Å². The maximum atomic E-state index is 12.7. The molecule has 0 saturated carbocycles. The number of nitrogens with one attached hydrogen (secondary N) is 2. The lowest BCUT2D eigenvalue weighted by atomic mass is 9.97. The molecule has 2 N–H and O–H groups in total. The molecule has 4 rings (SSSR count). The van der Waals surface area contributed by atoms with Gasteiger partial charge in [-0.05, 0) is 56.0 Å². The molecule has 2 amide bonds. The van der Waals surface area contributed by atoms with Crippen molar-refractivity contribution in [2.45, 2.75) is 31.7 Å². The van der Waals surface area contributed by atoms with Crippen LogP contribution in [0.25, 0.3) is 0 Å². The second-order valence-electron chi connectivity index (χ2n) is 8.09. The zero-order valence-corrected chi connectivity index (χ0v) is 17.0. The minimum Gasteiger partial charge on any atom is -0.381 e. The number of hydrogen-bond acceptors (Lipinski definition) is 3. The summed E-state index contributed by atoms with van der Waals surface area (Å²) in [6.45, 7) is 4.58. The monoisotopic (exact) mass is 393 g/mol. The molecule has 2 aromatic rings. The Hall–Kier alpha value is -2.37. The van der Waals surface area contributed by atoms with E-state index in [1.807, 2.05) is 36.4 Å². The number of nitrogens with zero attached hydrogens (tertiary/aromatic N) is 1. The molecule has 2 saturated heterocycles. The normalized spacial score (nSPS) is 20.5. The number of amides is 2. The molecule has 0 bridgehead atoms. The predicted octanol–water partition coefficient (Wildman–Crippen LogP) is 3.90. The van der Waals surface area contributed by atoms with Crippen LogP contribution in [-0.4, -0.2) is 49.8 Å². The quantitative estimate of drug-likeness (QED) is 0.750. The highest BCUT2D eigenvalue weighted by atomic mass is 16.5. The van der Waals surface area contributed by atoms with Crippen LogP contribution in [0.2, 0.25) is 0 Å². The van der Waals surface area contributed by atoms with Gasteiger partial charge in [-0.15, -0.1) is 0 Å². The highest BCUT2D eigenvalue weighted by Crippen LogP contribution is 2.24. The second kappa shape index (κ2) is 9.90. The Morgan fingerprint density at radius 3 is 2.59 bits per heavy atom. The van der Waals surface area contributed by atoms with Crippen molar-refractivity contribution < 1.29 is 9.53 Å². The molecule has 2 aliphatic rings. The number of carbonyl (C=O) groups is 1. The number of ether oxygens (including phenoxy) is 1. The lowest BCUT2D eigenvalue weighted by molar-refractivity contribution is 0.135. The number of likely N-dealkylation sites (tertiary alicyclic amines) is 1. The number of urea groups is 1. The minimum atomic E-state index is -0.131. The standard InChI is InChI=1S/C24H31N3O2/c28-24(25-17-23(21-12-15-29-18-21)27-13-6-7-14-27)26-22-11-5-4-10-20(22)16-19-8-2-1-3-9-19/h1-5,8-11,21,23H,6-7,12-18H2,(H2,25,26,28)/t21-,23+/m0/s1. The van der Waals surface area contributed by atoms with Crippen LogP contribution in [0.5, 0.6) is 0 Å². The molecule has 5 heteroatoms. The average Bonchev–Trinajstić information content (AvgIpc) is 3.45. The molecule has 5 nitrogen and oxygen atoms in total. The Morgan fingerprint density at radius 1 is 1.07 bits per heavy atom. The summed E-state index contributed by atoms with van der Waals surface area (Å²) in [6, 6.07) is 18.6. The fourth-order valence-corrected chi connectivity index (χ4v) is 4.50. The summed E-state index contributed by atoms with van der Waals surface area (Å²) in [4.78, 5) is 15.2. The molecule has 0 radical (unpaired) electrons. The molecule has 0 aromatic heterocycles.